The normalized spacial score (nSPS) is 15.2. The van der Waals surface area contributed by atoms with Crippen LogP contribution >= 0.6 is 0 Å². The molecule has 2 aromatic heterocycles. The largest absolute Gasteiger partial charge is 0.366 e. The summed E-state index contributed by atoms with van der Waals surface area (Å²) in [5, 5.41) is 8.35. The average molecular weight is 327 g/mol. The summed E-state index contributed by atoms with van der Waals surface area (Å²) in [6.07, 6.45) is 1.55. The molecule has 4 rings (SSSR count). The first kappa shape index (κ1) is 14.8. The highest BCUT2D eigenvalue weighted by Gasteiger charge is 2.23. The van der Waals surface area contributed by atoms with Gasteiger partial charge in [-0.25, -0.2) is 19.0 Å². The zero-order chi connectivity index (χ0) is 16.5. The molecular weight excluding hydrogens is 309 g/mol. The zero-order valence-corrected chi connectivity index (χ0v) is 13.4. The van der Waals surface area contributed by atoms with Crippen molar-refractivity contribution < 1.29 is 4.39 Å². The molecule has 24 heavy (non-hydrogen) atoms. The third kappa shape index (κ3) is 2.44. The van der Waals surface area contributed by atoms with E-state index in [1.165, 1.54) is 6.07 Å². The molecule has 0 aliphatic carbocycles. The van der Waals surface area contributed by atoms with Gasteiger partial charge in [-0.15, -0.1) is 5.10 Å². The highest BCUT2D eigenvalue weighted by atomic mass is 19.1. The van der Waals surface area contributed by atoms with Crippen LogP contribution in [0.3, 0.4) is 0 Å². The maximum Gasteiger partial charge on any atom is 0.183 e. The summed E-state index contributed by atoms with van der Waals surface area (Å²) < 4.78 is 15.7. The minimum absolute atomic E-state index is 0.179. The smallest absolute Gasteiger partial charge is 0.183 e. The first-order valence-electron chi connectivity index (χ1n) is 8.06. The standard InChI is InChI=1S/C16H18FN7/c1-2-24-16-14(20-21-24)15(18-11-19-16)23-9-7-22(8-10-23)13-6-4-3-5-12(13)17/h3-6,11H,2,7-10H2,1H3. The Morgan fingerprint density at radius 3 is 2.54 bits per heavy atom. The number of piperazine rings is 1. The molecule has 7 nitrogen and oxygen atoms in total. The molecule has 0 N–H and O–H groups in total. The summed E-state index contributed by atoms with van der Waals surface area (Å²) in [5.41, 5.74) is 2.12. The molecule has 0 bridgehead atoms. The Bertz CT molecular complexity index is 855. The molecule has 0 saturated carbocycles. The second-order valence-corrected chi connectivity index (χ2v) is 5.70. The minimum Gasteiger partial charge on any atom is -0.366 e. The predicted molar refractivity (Wildman–Crippen MR) is 89.6 cm³/mol. The van der Waals surface area contributed by atoms with E-state index in [4.69, 9.17) is 0 Å². The van der Waals surface area contributed by atoms with Crippen molar-refractivity contribution in [1.82, 2.24) is 25.0 Å². The molecule has 1 aliphatic heterocycles. The van der Waals surface area contributed by atoms with Gasteiger partial charge in [-0.2, -0.15) is 0 Å². The van der Waals surface area contributed by atoms with Crippen LogP contribution < -0.4 is 9.80 Å². The van der Waals surface area contributed by atoms with Crippen molar-refractivity contribution in [2.75, 3.05) is 36.0 Å². The van der Waals surface area contributed by atoms with Crippen LogP contribution in [0.5, 0.6) is 0 Å². The van der Waals surface area contributed by atoms with Crippen molar-refractivity contribution in [2.45, 2.75) is 13.5 Å². The Kier molecular flexibility index (Phi) is 3.72. The lowest BCUT2D eigenvalue weighted by atomic mass is 10.2. The van der Waals surface area contributed by atoms with Crippen LogP contribution in [0, 0.1) is 5.82 Å². The van der Waals surface area contributed by atoms with E-state index in [0.29, 0.717) is 12.2 Å². The van der Waals surface area contributed by atoms with Gasteiger partial charge in [-0.05, 0) is 19.1 Å². The van der Waals surface area contributed by atoms with E-state index in [2.05, 4.69) is 30.1 Å². The van der Waals surface area contributed by atoms with Crippen molar-refractivity contribution in [1.29, 1.82) is 0 Å². The lowest BCUT2D eigenvalue weighted by Crippen LogP contribution is -2.47. The summed E-state index contributed by atoms with van der Waals surface area (Å²) in [5.74, 6) is 0.620. The Morgan fingerprint density at radius 2 is 1.79 bits per heavy atom. The van der Waals surface area contributed by atoms with Gasteiger partial charge in [-0.1, -0.05) is 17.3 Å². The van der Waals surface area contributed by atoms with Crippen molar-refractivity contribution >= 4 is 22.7 Å². The van der Waals surface area contributed by atoms with E-state index in [-0.39, 0.29) is 5.82 Å². The Hall–Kier alpha value is -2.77. The Labute approximate surface area is 138 Å². The Balaban J connectivity index is 1.56. The van der Waals surface area contributed by atoms with Crippen LogP contribution in [0.25, 0.3) is 11.2 Å². The first-order chi connectivity index (χ1) is 11.8. The molecule has 0 amide bonds. The van der Waals surface area contributed by atoms with Gasteiger partial charge in [0.15, 0.2) is 17.0 Å². The van der Waals surface area contributed by atoms with E-state index in [0.717, 1.165) is 43.2 Å². The number of aryl methyl sites for hydroxylation is 1. The number of aromatic nitrogens is 5. The van der Waals surface area contributed by atoms with Crippen LogP contribution in [0.1, 0.15) is 6.92 Å². The van der Waals surface area contributed by atoms with Crippen LogP contribution in [0.2, 0.25) is 0 Å². The molecule has 3 aromatic rings. The number of anilines is 2. The maximum atomic E-state index is 13.9. The number of para-hydroxylation sites is 1. The van der Waals surface area contributed by atoms with Crippen LogP contribution in [0.4, 0.5) is 15.9 Å². The number of fused-ring (bicyclic) bond motifs is 1. The fraction of sp³-hybridized carbons (Fsp3) is 0.375. The molecule has 0 spiro atoms. The van der Waals surface area contributed by atoms with Gasteiger partial charge < -0.3 is 9.80 Å². The summed E-state index contributed by atoms with van der Waals surface area (Å²) in [6.45, 7) is 5.68. The highest BCUT2D eigenvalue weighted by molar-refractivity contribution is 5.82. The topological polar surface area (TPSA) is 63.0 Å². The van der Waals surface area contributed by atoms with Gasteiger partial charge in [0.25, 0.3) is 0 Å². The minimum atomic E-state index is -0.179. The lowest BCUT2D eigenvalue weighted by Gasteiger charge is -2.36. The van der Waals surface area contributed by atoms with Gasteiger partial charge in [0.05, 0.1) is 5.69 Å². The highest BCUT2D eigenvalue weighted by Crippen LogP contribution is 2.24. The molecular formula is C16H18FN7. The average Bonchev–Trinajstić information content (AvgIpc) is 3.05. The summed E-state index contributed by atoms with van der Waals surface area (Å²) >= 11 is 0. The first-order valence-corrected chi connectivity index (χ1v) is 8.06. The summed E-state index contributed by atoms with van der Waals surface area (Å²) in [6, 6.07) is 6.89. The number of rotatable bonds is 3. The molecule has 0 atom stereocenters. The molecule has 0 unspecified atom stereocenters. The summed E-state index contributed by atoms with van der Waals surface area (Å²) in [4.78, 5) is 12.9. The number of halogens is 1. The number of benzene rings is 1. The second kappa shape index (κ2) is 6.03. The van der Waals surface area contributed by atoms with Gasteiger partial charge in [0, 0.05) is 32.7 Å². The molecule has 1 aliphatic rings. The van der Waals surface area contributed by atoms with E-state index in [9.17, 15) is 4.39 Å². The quantitative estimate of drug-likeness (QED) is 0.730. The molecule has 1 fully saturated rings. The number of hydrogen-bond donors (Lipinski definition) is 0. The molecule has 124 valence electrons. The zero-order valence-electron chi connectivity index (χ0n) is 13.4. The van der Waals surface area contributed by atoms with E-state index < -0.39 is 0 Å². The van der Waals surface area contributed by atoms with Crippen LogP contribution in [0.15, 0.2) is 30.6 Å². The third-order valence-corrected chi connectivity index (χ3v) is 4.35. The lowest BCUT2D eigenvalue weighted by molar-refractivity contribution is 0.596. The van der Waals surface area contributed by atoms with Crippen molar-refractivity contribution in [3.63, 3.8) is 0 Å². The van der Waals surface area contributed by atoms with Crippen LogP contribution in [-0.2, 0) is 6.54 Å². The van der Waals surface area contributed by atoms with Crippen molar-refractivity contribution in [3.8, 4) is 0 Å². The number of hydrogen-bond acceptors (Lipinski definition) is 6. The van der Waals surface area contributed by atoms with Crippen LogP contribution in [-0.4, -0.2) is 51.1 Å². The van der Waals surface area contributed by atoms with Gasteiger partial charge in [0.2, 0.25) is 0 Å². The monoisotopic (exact) mass is 327 g/mol. The van der Waals surface area contributed by atoms with E-state index in [1.54, 1.807) is 17.1 Å². The van der Waals surface area contributed by atoms with Crippen molar-refractivity contribution in [2.24, 2.45) is 0 Å². The molecule has 1 aromatic carbocycles. The van der Waals surface area contributed by atoms with E-state index in [1.807, 2.05) is 19.1 Å². The predicted octanol–water partition coefficient (Wildman–Crippen LogP) is 1.71. The maximum absolute atomic E-state index is 13.9. The number of nitrogens with zero attached hydrogens (tertiary/aromatic N) is 7. The molecule has 0 radical (unpaired) electrons. The fourth-order valence-corrected chi connectivity index (χ4v) is 3.09. The van der Waals surface area contributed by atoms with Gasteiger partial charge in [-0.3, -0.25) is 0 Å². The van der Waals surface area contributed by atoms with Crippen molar-refractivity contribution in [3.05, 3.63) is 36.4 Å². The fourth-order valence-electron chi connectivity index (χ4n) is 3.09. The second-order valence-electron chi connectivity index (χ2n) is 5.70. The van der Waals surface area contributed by atoms with Gasteiger partial charge >= 0.3 is 0 Å². The van der Waals surface area contributed by atoms with Gasteiger partial charge in [0.1, 0.15) is 12.1 Å². The summed E-state index contributed by atoms with van der Waals surface area (Å²) in [7, 11) is 0. The Morgan fingerprint density at radius 1 is 1.04 bits per heavy atom. The third-order valence-electron chi connectivity index (χ3n) is 4.35. The van der Waals surface area contributed by atoms with E-state index >= 15 is 0 Å². The molecule has 1 saturated heterocycles. The SMILES string of the molecule is CCn1nnc2c(N3CCN(c4ccccc4F)CC3)ncnc21. The molecule has 8 heteroatoms. The molecule has 3 heterocycles.